The first-order chi connectivity index (χ1) is 10.5. The molecule has 1 aliphatic rings. The molecule has 0 saturated carbocycles. The molecule has 0 spiro atoms. The lowest BCUT2D eigenvalue weighted by atomic mass is 9.82. The van der Waals surface area contributed by atoms with Gasteiger partial charge in [-0.1, -0.05) is 68.5 Å². The summed E-state index contributed by atoms with van der Waals surface area (Å²) >= 11 is 0. The molecule has 3 N–H and O–H groups in total. The molecular formula is C20H20N2. The summed E-state index contributed by atoms with van der Waals surface area (Å²) < 4.78 is 0. The van der Waals surface area contributed by atoms with Gasteiger partial charge in [-0.3, -0.25) is 5.41 Å². The normalized spacial score (nSPS) is 16.1. The molecule has 0 atom stereocenters. The van der Waals surface area contributed by atoms with Crippen LogP contribution in [-0.2, 0) is 0 Å². The maximum Gasteiger partial charge on any atom is 0.0673 e. The first-order valence-corrected chi connectivity index (χ1v) is 7.43. The Morgan fingerprint density at radius 2 is 1.64 bits per heavy atom. The minimum Gasteiger partial charge on any atom is -0.398 e. The Bertz CT molecular complexity index is 780. The molecule has 3 rings (SSSR count). The zero-order chi connectivity index (χ0) is 15.7. The highest BCUT2D eigenvalue weighted by Gasteiger charge is 2.30. The smallest absolute Gasteiger partial charge is 0.0673 e. The summed E-state index contributed by atoms with van der Waals surface area (Å²) in [5, 5.41) is 8.59. The van der Waals surface area contributed by atoms with Crippen molar-refractivity contribution in [3.05, 3.63) is 83.6 Å². The summed E-state index contributed by atoms with van der Waals surface area (Å²) in [6, 6.07) is 18.3. The van der Waals surface area contributed by atoms with Crippen LogP contribution in [-0.4, -0.2) is 5.71 Å². The van der Waals surface area contributed by atoms with E-state index in [-0.39, 0.29) is 5.41 Å². The predicted molar refractivity (Wildman–Crippen MR) is 92.8 cm³/mol. The molecule has 2 nitrogen and oxygen atoms in total. The summed E-state index contributed by atoms with van der Waals surface area (Å²) in [4.78, 5) is 0. The Morgan fingerprint density at radius 3 is 2.27 bits per heavy atom. The van der Waals surface area contributed by atoms with Crippen LogP contribution in [0.25, 0.3) is 11.1 Å². The van der Waals surface area contributed by atoms with E-state index in [1.54, 1.807) is 0 Å². The SMILES string of the molecule is CC1(C)C=CC(N)=C1C(=N)c1cccc(-c2ccccc2)c1. The van der Waals surface area contributed by atoms with Crippen LogP contribution in [0.1, 0.15) is 19.4 Å². The van der Waals surface area contributed by atoms with Gasteiger partial charge in [-0.25, -0.2) is 0 Å². The number of hydrogen-bond donors (Lipinski definition) is 2. The van der Waals surface area contributed by atoms with Crippen molar-refractivity contribution >= 4 is 5.71 Å². The van der Waals surface area contributed by atoms with Gasteiger partial charge in [0.05, 0.1) is 5.71 Å². The van der Waals surface area contributed by atoms with Gasteiger partial charge in [0.1, 0.15) is 0 Å². The van der Waals surface area contributed by atoms with E-state index in [1.165, 1.54) is 0 Å². The first kappa shape index (κ1) is 14.3. The summed E-state index contributed by atoms with van der Waals surface area (Å²) in [5.74, 6) is 0. The van der Waals surface area contributed by atoms with Crippen molar-refractivity contribution in [1.82, 2.24) is 0 Å². The molecule has 0 heterocycles. The summed E-state index contributed by atoms with van der Waals surface area (Å²) in [6.07, 6.45) is 3.97. The van der Waals surface area contributed by atoms with Gasteiger partial charge in [-0.05, 0) is 23.3 Å². The van der Waals surface area contributed by atoms with Gasteiger partial charge in [0.25, 0.3) is 0 Å². The lowest BCUT2D eigenvalue weighted by Gasteiger charge is -2.22. The number of nitrogens with two attached hydrogens (primary N) is 1. The predicted octanol–water partition coefficient (Wildman–Crippen LogP) is 4.53. The van der Waals surface area contributed by atoms with E-state index >= 15 is 0 Å². The molecule has 0 fully saturated rings. The van der Waals surface area contributed by atoms with Crippen molar-refractivity contribution in [2.24, 2.45) is 11.1 Å². The maximum atomic E-state index is 8.59. The molecule has 0 radical (unpaired) electrons. The van der Waals surface area contributed by atoms with Crippen molar-refractivity contribution in [2.45, 2.75) is 13.8 Å². The van der Waals surface area contributed by atoms with E-state index in [1.807, 2.05) is 36.4 Å². The topological polar surface area (TPSA) is 49.9 Å². The van der Waals surface area contributed by atoms with Crippen LogP contribution >= 0.6 is 0 Å². The lowest BCUT2D eigenvalue weighted by molar-refractivity contribution is 0.611. The molecule has 0 amide bonds. The van der Waals surface area contributed by atoms with Gasteiger partial charge in [0, 0.05) is 22.2 Å². The van der Waals surface area contributed by atoms with E-state index < -0.39 is 0 Å². The Kier molecular flexibility index (Phi) is 3.45. The van der Waals surface area contributed by atoms with Crippen molar-refractivity contribution in [3.63, 3.8) is 0 Å². The van der Waals surface area contributed by atoms with Gasteiger partial charge in [0.2, 0.25) is 0 Å². The number of benzene rings is 2. The first-order valence-electron chi connectivity index (χ1n) is 7.43. The molecule has 2 aromatic carbocycles. The molecule has 0 aromatic heterocycles. The Balaban J connectivity index is 2.00. The fourth-order valence-electron chi connectivity index (χ4n) is 2.93. The largest absolute Gasteiger partial charge is 0.398 e. The van der Waals surface area contributed by atoms with Gasteiger partial charge in [0.15, 0.2) is 0 Å². The summed E-state index contributed by atoms with van der Waals surface area (Å²) in [5.41, 5.74) is 11.2. The van der Waals surface area contributed by atoms with E-state index in [9.17, 15) is 0 Å². The highest BCUT2D eigenvalue weighted by Crippen LogP contribution is 2.37. The summed E-state index contributed by atoms with van der Waals surface area (Å²) in [7, 11) is 0. The lowest BCUT2D eigenvalue weighted by Crippen LogP contribution is -2.20. The third kappa shape index (κ3) is 2.48. The Morgan fingerprint density at radius 1 is 0.955 bits per heavy atom. The minimum absolute atomic E-state index is 0.191. The average Bonchev–Trinajstić information content (AvgIpc) is 2.81. The second-order valence-corrected chi connectivity index (χ2v) is 6.21. The van der Waals surface area contributed by atoms with Crippen LogP contribution in [0.3, 0.4) is 0 Å². The summed E-state index contributed by atoms with van der Waals surface area (Å²) in [6.45, 7) is 4.18. The molecule has 0 bridgehead atoms. The number of nitrogens with one attached hydrogen (secondary N) is 1. The maximum absolute atomic E-state index is 8.59. The van der Waals surface area contributed by atoms with Gasteiger partial charge < -0.3 is 5.73 Å². The second-order valence-electron chi connectivity index (χ2n) is 6.21. The number of hydrogen-bond acceptors (Lipinski definition) is 2. The zero-order valence-electron chi connectivity index (χ0n) is 12.9. The fourth-order valence-corrected chi connectivity index (χ4v) is 2.93. The van der Waals surface area contributed by atoms with Crippen molar-refractivity contribution < 1.29 is 0 Å². The van der Waals surface area contributed by atoms with Crippen LogP contribution in [0.4, 0.5) is 0 Å². The van der Waals surface area contributed by atoms with Crippen LogP contribution in [0, 0.1) is 10.8 Å². The molecule has 0 saturated heterocycles. The van der Waals surface area contributed by atoms with Crippen LogP contribution in [0.15, 0.2) is 78.0 Å². The van der Waals surface area contributed by atoms with Crippen LogP contribution < -0.4 is 5.73 Å². The third-order valence-electron chi connectivity index (χ3n) is 4.12. The van der Waals surface area contributed by atoms with Crippen molar-refractivity contribution in [1.29, 1.82) is 5.41 Å². The molecule has 2 aromatic rings. The highest BCUT2D eigenvalue weighted by molar-refractivity contribution is 6.13. The third-order valence-corrected chi connectivity index (χ3v) is 4.12. The quantitative estimate of drug-likeness (QED) is 0.801. The monoisotopic (exact) mass is 288 g/mol. The molecule has 1 aliphatic carbocycles. The zero-order valence-corrected chi connectivity index (χ0v) is 12.9. The van der Waals surface area contributed by atoms with Gasteiger partial charge in [-0.2, -0.15) is 0 Å². The molecular weight excluding hydrogens is 268 g/mol. The molecule has 0 unspecified atom stereocenters. The molecule has 0 aliphatic heterocycles. The Labute approximate surface area is 131 Å². The molecule has 22 heavy (non-hydrogen) atoms. The number of allylic oxidation sites excluding steroid dienone is 3. The van der Waals surface area contributed by atoms with E-state index in [0.717, 1.165) is 22.3 Å². The van der Waals surface area contributed by atoms with Gasteiger partial charge in [-0.15, -0.1) is 0 Å². The minimum atomic E-state index is -0.191. The van der Waals surface area contributed by atoms with Crippen LogP contribution in [0.2, 0.25) is 0 Å². The van der Waals surface area contributed by atoms with Crippen molar-refractivity contribution in [2.75, 3.05) is 0 Å². The van der Waals surface area contributed by atoms with E-state index in [4.69, 9.17) is 11.1 Å². The Hall–Kier alpha value is -2.61. The average molecular weight is 288 g/mol. The number of rotatable bonds is 3. The highest BCUT2D eigenvalue weighted by atomic mass is 14.6. The van der Waals surface area contributed by atoms with E-state index in [0.29, 0.717) is 11.4 Å². The fraction of sp³-hybridized carbons (Fsp3) is 0.150. The molecule has 2 heteroatoms. The second kappa shape index (κ2) is 5.30. The van der Waals surface area contributed by atoms with E-state index in [2.05, 4.69) is 44.2 Å². The van der Waals surface area contributed by atoms with Crippen LogP contribution in [0.5, 0.6) is 0 Å². The standard InChI is InChI=1S/C20H20N2/c1-20(2)12-11-17(21)18(20)19(22)16-10-6-9-15(13-16)14-7-4-3-5-8-14/h3-13,22H,21H2,1-2H3. The van der Waals surface area contributed by atoms with Gasteiger partial charge >= 0.3 is 0 Å². The van der Waals surface area contributed by atoms with Crippen molar-refractivity contribution in [3.8, 4) is 11.1 Å². The molecule has 110 valence electrons.